The van der Waals surface area contributed by atoms with Crippen molar-refractivity contribution in [3.8, 4) is 0 Å². The Bertz CT molecular complexity index is 943. The Morgan fingerprint density at radius 2 is 1.70 bits per heavy atom. The number of fused-ring (bicyclic) bond motifs is 1. The molecule has 3 rings (SSSR count). The molecule has 7 nitrogen and oxygen atoms in total. The van der Waals surface area contributed by atoms with Crippen LogP contribution in [-0.4, -0.2) is 51.6 Å². The van der Waals surface area contributed by atoms with Gasteiger partial charge in [-0.15, -0.1) is 0 Å². The summed E-state index contributed by atoms with van der Waals surface area (Å²) in [6.07, 6.45) is 4.93. The first-order valence-corrected chi connectivity index (χ1v) is 11.7. The minimum absolute atomic E-state index is 0.0101. The van der Waals surface area contributed by atoms with E-state index in [1.807, 2.05) is 45.1 Å². The van der Waals surface area contributed by atoms with Gasteiger partial charge in [0, 0.05) is 30.1 Å². The van der Waals surface area contributed by atoms with Crippen LogP contribution in [0.15, 0.2) is 36.4 Å². The number of allylic oxidation sites excluding steroid dienone is 2. The first kappa shape index (κ1) is 25.0. The number of hydrogen-bond acceptors (Lipinski definition) is 4. The van der Waals surface area contributed by atoms with Crippen molar-refractivity contribution in [1.29, 1.82) is 0 Å². The van der Waals surface area contributed by atoms with Crippen LogP contribution in [0.4, 0.5) is 0 Å². The van der Waals surface area contributed by atoms with Crippen LogP contribution in [0.3, 0.4) is 0 Å². The van der Waals surface area contributed by atoms with Crippen molar-refractivity contribution in [3.63, 3.8) is 0 Å². The van der Waals surface area contributed by atoms with Gasteiger partial charge in [-0.1, -0.05) is 42.0 Å². The average molecular weight is 474 g/mol. The molecule has 1 saturated heterocycles. The molecular weight excluding hydrogens is 442 g/mol. The molecule has 2 aliphatic rings. The fraction of sp³-hybridized carbons (Fsp3) is 0.520. The summed E-state index contributed by atoms with van der Waals surface area (Å²) in [4.78, 5) is 54.3. The molecule has 1 unspecified atom stereocenters. The molecule has 1 N–H and O–H groups in total. The van der Waals surface area contributed by atoms with Crippen LogP contribution in [0.2, 0.25) is 5.02 Å². The Morgan fingerprint density at radius 1 is 1.12 bits per heavy atom. The Kier molecular flexibility index (Phi) is 7.62. The number of rotatable bonds is 7. The van der Waals surface area contributed by atoms with Crippen molar-refractivity contribution in [2.45, 2.75) is 65.1 Å². The number of carbonyl (C=O) groups is 4. The van der Waals surface area contributed by atoms with E-state index < -0.39 is 11.6 Å². The van der Waals surface area contributed by atoms with Gasteiger partial charge in [0.25, 0.3) is 0 Å². The number of carbonyl (C=O) groups excluding carboxylic acids is 4. The van der Waals surface area contributed by atoms with Gasteiger partial charge in [-0.3, -0.25) is 24.1 Å². The SMILES string of the molecule is CC(C(=O)NC(C)(C)C)N(Cc1ccccc1Cl)C(=O)CCN1C(=O)[C@H]2CC=CC[C@H]2C1=O. The number of likely N-dealkylation sites (tertiary alicyclic amines) is 1. The third kappa shape index (κ3) is 5.82. The van der Waals surface area contributed by atoms with Crippen molar-refractivity contribution < 1.29 is 19.2 Å². The topological polar surface area (TPSA) is 86.8 Å². The summed E-state index contributed by atoms with van der Waals surface area (Å²) < 4.78 is 0. The van der Waals surface area contributed by atoms with Crippen LogP contribution in [0, 0.1) is 11.8 Å². The maximum absolute atomic E-state index is 13.3. The highest BCUT2D eigenvalue weighted by atomic mass is 35.5. The highest BCUT2D eigenvalue weighted by Gasteiger charge is 2.47. The van der Waals surface area contributed by atoms with Gasteiger partial charge in [-0.2, -0.15) is 0 Å². The summed E-state index contributed by atoms with van der Waals surface area (Å²) in [5, 5.41) is 3.41. The second-order valence-electron chi connectivity index (χ2n) is 9.76. The number of nitrogens with one attached hydrogen (secondary N) is 1. The summed E-state index contributed by atoms with van der Waals surface area (Å²) in [6, 6.07) is 6.40. The van der Waals surface area contributed by atoms with E-state index in [1.54, 1.807) is 19.1 Å². The molecule has 0 radical (unpaired) electrons. The Hall–Kier alpha value is -2.67. The fourth-order valence-corrected chi connectivity index (χ4v) is 4.50. The van der Waals surface area contributed by atoms with Crippen LogP contribution in [-0.2, 0) is 25.7 Å². The molecule has 4 amide bonds. The van der Waals surface area contributed by atoms with Gasteiger partial charge in [0.05, 0.1) is 11.8 Å². The number of benzene rings is 1. The van der Waals surface area contributed by atoms with E-state index in [4.69, 9.17) is 11.6 Å². The van der Waals surface area contributed by atoms with Gasteiger partial charge in [0.1, 0.15) is 6.04 Å². The number of imide groups is 1. The Labute approximate surface area is 200 Å². The molecule has 0 spiro atoms. The molecule has 1 fully saturated rings. The maximum atomic E-state index is 13.3. The predicted molar refractivity (Wildman–Crippen MR) is 126 cm³/mol. The zero-order valence-electron chi connectivity index (χ0n) is 19.6. The number of nitrogens with zero attached hydrogens (tertiary/aromatic N) is 2. The van der Waals surface area contributed by atoms with Gasteiger partial charge >= 0.3 is 0 Å². The molecule has 33 heavy (non-hydrogen) atoms. The molecule has 3 atom stereocenters. The van der Waals surface area contributed by atoms with Crippen molar-refractivity contribution in [1.82, 2.24) is 15.1 Å². The van der Waals surface area contributed by atoms with Crippen LogP contribution in [0.25, 0.3) is 0 Å². The van der Waals surface area contributed by atoms with Gasteiger partial charge in [-0.25, -0.2) is 0 Å². The standard InChI is InChI=1S/C25H32ClN3O4/c1-16(22(31)27-25(2,3)4)29(15-17-9-5-8-12-20(17)26)21(30)13-14-28-23(32)18-10-6-7-11-19(18)24(28)33/h5-9,12,16,18-19H,10-11,13-15H2,1-4H3,(H,27,31)/t16?,18-,19+. The van der Waals surface area contributed by atoms with E-state index >= 15 is 0 Å². The summed E-state index contributed by atoms with van der Waals surface area (Å²) in [5.41, 5.74) is 0.261. The molecule has 0 saturated carbocycles. The minimum atomic E-state index is -0.759. The predicted octanol–water partition coefficient (Wildman–Crippen LogP) is 3.31. The van der Waals surface area contributed by atoms with Crippen LogP contribution >= 0.6 is 11.6 Å². The normalized spacial score (nSPS) is 21.1. The second kappa shape index (κ2) is 10.1. The molecule has 1 aromatic rings. The molecule has 1 heterocycles. The number of hydrogen-bond donors (Lipinski definition) is 1. The Morgan fingerprint density at radius 3 is 2.24 bits per heavy atom. The van der Waals surface area contributed by atoms with Crippen molar-refractivity contribution in [2.24, 2.45) is 11.8 Å². The lowest BCUT2D eigenvalue weighted by Gasteiger charge is -2.32. The zero-order chi connectivity index (χ0) is 24.3. The van der Waals surface area contributed by atoms with E-state index in [9.17, 15) is 19.2 Å². The van der Waals surface area contributed by atoms with E-state index in [2.05, 4.69) is 5.32 Å². The monoisotopic (exact) mass is 473 g/mol. The average Bonchev–Trinajstić information content (AvgIpc) is 3.00. The van der Waals surface area contributed by atoms with Gasteiger partial charge in [0.15, 0.2) is 0 Å². The van der Waals surface area contributed by atoms with Crippen LogP contribution in [0.1, 0.15) is 52.5 Å². The highest BCUT2D eigenvalue weighted by molar-refractivity contribution is 6.31. The summed E-state index contributed by atoms with van der Waals surface area (Å²) >= 11 is 6.31. The first-order chi connectivity index (χ1) is 15.5. The first-order valence-electron chi connectivity index (χ1n) is 11.3. The van der Waals surface area contributed by atoms with Crippen LogP contribution in [0.5, 0.6) is 0 Å². The van der Waals surface area contributed by atoms with Gasteiger partial charge < -0.3 is 10.2 Å². The lowest BCUT2D eigenvalue weighted by Crippen LogP contribution is -2.52. The quantitative estimate of drug-likeness (QED) is 0.486. The summed E-state index contributed by atoms with van der Waals surface area (Å²) in [7, 11) is 0. The Balaban J connectivity index is 1.74. The van der Waals surface area contributed by atoms with Gasteiger partial charge in [-0.05, 0) is 52.2 Å². The largest absolute Gasteiger partial charge is 0.350 e. The molecule has 1 aliphatic heterocycles. The second-order valence-corrected chi connectivity index (χ2v) is 10.2. The third-order valence-corrected chi connectivity index (χ3v) is 6.48. The molecule has 8 heteroatoms. The number of amides is 4. The zero-order valence-corrected chi connectivity index (χ0v) is 20.4. The number of halogens is 1. The van der Waals surface area contributed by atoms with E-state index in [0.29, 0.717) is 23.4 Å². The van der Waals surface area contributed by atoms with E-state index in [1.165, 1.54) is 9.80 Å². The van der Waals surface area contributed by atoms with Crippen molar-refractivity contribution in [3.05, 3.63) is 47.0 Å². The lowest BCUT2D eigenvalue weighted by molar-refractivity contribution is -0.144. The molecule has 0 bridgehead atoms. The van der Waals surface area contributed by atoms with Gasteiger partial charge in [0.2, 0.25) is 23.6 Å². The van der Waals surface area contributed by atoms with Crippen molar-refractivity contribution in [2.75, 3.05) is 6.54 Å². The molecule has 0 aromatic heterocycles. The summed E-state index contributed by atoms with van der Waals surface area (Å²) in [6.45, 7) is 7.44. The third-order valence-electron chi connectivity index (χ3n) is 6.11. The molecule has 1 aromatic carbocycles. The maximum Gasteiger partial charge on any atom is 0.242 e. The highest BCUT2D eigenvalue weighted by Crippen LogP contribution is 2.35. The van der Waals surface area contributed by atoms with Crippen LogP contribution < -0.4 is 5.32 Å². The van der Waals surface area contributed by atoms with E-state index in [-0.39, 0.29) is 55.0 Å². The fourth-order valence-electron chi connectivity index (χ4n) is 4.31. The minimum Gasteiger partial charge on any atom is -0.350 e. The van der Waals surface area contributed by atoms with Crippen molar-refractivity contribution >= 4 is 35.2 Å². The lowest BCUT2D eigenvalue weighted by atomic mass is 9.85. The van der Waals surface area contributed by atoms with E-state index in [0.717, 1.165) is 0 Å². The molecule has 178 valence electrons. The smallest absolute Gasteiger partial charge is 0.242 e. The molecule has 1 aliphatic carbocycles. The molecular formula is C25H32ClN3O4. The summed E-state index contributed by atoms with van der Waals surface area (Å²) in [5.74, 6) is -1.67.